The number of carboxylic acid groups (broad SMARTS) is 2. The molecule has 2 heterocycles. The molecular weight excluding hydrogens is 660 g/mol. The van der Waals surface area contributed by atoms with Crippen LogP contribution in [0.5, 0.6) is 0 Å². The molecule has 4 aromatic rings. The van der Waals surface area contributed by atoms with Gasteiger partial charge in [0.2, 0.25) is 5.95 Å². The molecular formula is C25H16BrCl2F3N4O6. The molecule has 10 nitrogen and oxygen atoms in total. The van der Waals surface area contributed by atoms with Crippen molar-refractivity contribution in [1.82, 2.24) is 9.97 Å². The number of imidazole rings is 1. The maximum Gasteiger partial charge on any atom is 0.490 e. The number of fused-ring (bicyclic) bond motifs is 2. The van der Waals surface area contributed by atoms with Crippen molar-refractivity contribution in [3.63, 3.8) is 0 Å². The van der Waals surface area contributed by atoms with Crippen LogP contribution in [0.3, 0.4) is 0 Å². The van der Waals surface area contributed by atoms with E-state index in [-0.39, 0.29) is 27.1 Å². The highest BCUT2D eigenvalue weighted by molar-refractivity contribution is 9.10. The summed E-state index contributed by atoms with van der Waals surface area (Å²) in [7, 11) is 1.36. The molecule has 0 fully saturated rings. The SMILES string of the molecule is CN(C(=O)O)c1nc2ccc(C3(O)c4cc(Cl)c(Cl)cc4C(=O)N3c3cccc(Br)c3)cc2[nH]1.O=C(O)C(F)(F)F. The Kier molecular flexibility index (Phi) is 7.97. The highest BCUT2D eigenvalue weighted by atomic mass is 79.9. The fourth-order valence-electron chi connectivity index (χ4n) is 4.07. The first-order valence-corrected chi connectivity index (χ1v) is 12.7. The van der Waals surface area contributed by atoms with Gasteiger partial charge in [-0.1, -0.05) is 51.3 Å². The molecule has 0 saturated carbocycles. The van der Waals surface area contributed by atoms with Crippen LogP contribution in [0.2, 0.25) is 10.0 Å². The molecule has 0 saturated heterocycles. The number of hydrogen-bond donors (Lipinski definition) is 4. The van der Waals surface area contributed by atoms with Crippen molar-refractivity contribution in [2.45, 2.75) is 11.9 Å². The minimum Gasteiger partial charge on any atom is -0.475 e. The highest BCUT2D eigenvalue weighted by Gasteiger charge is 2.51. The zero-order chi connectivity index (χ0) is 30.4. The number of benzene rings is 3. The zero-order valence-corrected chi connectivity index (χ0v) is 23.5. The summed E-state index contributed by atoms with van der Waals surface area (Å²) in [5.41, 5.74) is 0.313. The molecule has 1 atom stereocenters. The molecule has 0 radical (unpaired) electrons. The normalized spacial score (nSPS) is 16.3. The van der Waals surface area contributed by atoms with Gasteiger partial charge in [-0.15, -0.1) is 0 Å². The summed E-state index contributed by atoms with van der Waals surface area (Å²) in [5, 5.41) is 29.0. The summed E-state index contributed by atoms with van der Waals surface area (Å²) < 4.78 is 32.5. The minimum atomic E-state index is -5.08. The summed E-state index contributed by atoms with van der Waals surface area (Å²) in [6, 6.07) is 14.8. The fourth-order valence-corrected chi connectivity index (χ4v) is 4.78. The highest BCUT2D eigenvalue weighted by Crippen LogP contribution is 2.47. The van der Waals surface area contributed by atoms with Gasteiger partial charge in [-0.05, 0) is 42.5 Å². The second-order valence-corrected chi connectivity index (χ2v) is 10.3. The number of aliphatic hydroxyl groups is 1. The lowest BCUT2D eigenvalue weighted by Crippen LogP contribution is -2.45. The third kappa shape index (κ3) is 5.55. The van der Waals surface area contributed by atoms with Gasteiger partial charge in [0.05, 0.1) is 21.1 Å². The molecule has 4 N–H and O–H groups in total. The molecule has 5 rings (SSSR count). The van der Waals surface area contributed by atoms with Crippen molar-refractivity contribution in [2.24, 2.45) is 0 Å². The van der Waals surface area contributed by atoms with Gasteiger partial charge in [-0.25, -0.2) is 14.6 Å². The van der Waals surface area contributed by atoms with Crippen molar-refractivity contribution < 1.29 is 42.9 Å². The summed E-state index contributed by atoms with van der Waals surface area (Å²) in [6.07, 6.45) is -6.26. The van der Waals surface area contributed by atoms with Crippen LogP contribution in [0.15, 0.2) is 59.1 Å². The number of amides is 2. The Balaban J connectivity index is 0.000000493. The molecule has 1 aliphatic rings. The second-order valence-electron chi connectivity index (χ2n) is 8.54. The van der Waals surface area contributed by atoms with Gasteiger partial charge in [0, 0.05) is 33.9 Å². The number of hydrogen-bond acceptors (Lipinski definition) is 5. The van der Waals surface area contributed by atoms with Crippen molar-refractivity contribution in [1.29, 1.82) is 0 Å². The number of alkyl halides is 3. The molecule has 16 heteroatoms. The van der Waals surface area contributed by atoms with Crippen LogP contribution in [0, 0.1) is 0 Å². The van der Waals surface area contributed by atoms with Gasteiger partial charge < -0.3 is 20.3 Å². The smallest absolute Gasteiger partial charge is 0.475 e. The first-order valence-electron chi connectivity index (χ1n) is 11.1. The van der Waals surface area contributed by atoms with E-state index in [1.165, 1.54) is 24.1 Å². The molecule has 0 aliphatic carbocycles. The molecule has 0 bridgehead atoms. The standard InChI is InChI=1S/C23H15BrCl2N4O4.C2HF3O2/c1-29(22(32)33)21-27-18-6-5-11(7-19(18)28-21)23(34)15-10-17(26)16(25)9-14(15)20(31)30(23)13-4-2-3-12(24)8-13;3-2(4,5)1(6)7/h2-10,34H,1H3,(H,27,28)(H,32,33);(H,6,7). The van der Waals surface area contributed by atoms with Crippen LogP contribution in [-0.4, -0.2) is 56.5 Å². The molecule has 2 amide bonds. The maximum absolute atomic E-state index is 13.5. The number of aromatic amines is 1. The third-order valence-corrected chi connectivity index (χ3v) is 7.19. The van der Waals surface area contributed by atoms with Crippen molar-refractivity contribution in [2.75, 3.05) is 16.8 Å². The maximum atomic E-state index is 13.5. The first kappa shape index (κ1) is 30.1. The predicted molar refractivity (Wildman–Crippen MR) is 147 cm³/mol. The summed E-state index contributed by atoms with van der Waals surface area (Å²) in [5.74, 6) is -3.09. The Labute approximate surface area is 246 Å². The number of carbonyl (C=O) groups excluding carboxylic acids is 1. The average molecular weight is 676 g/mol. The summed E-state index contributed by atoms with van der Waals surface area (Å²) in [4.78, 5) is 43.2. The molecule has 1 unspecified atom stereocenters. The van der Waals surface area contributed by atoms with Gasteiger partial charge >= 0.3 is 18.2 Å². The van der Waals surface area contributed by atoms with Crippen LogP contribution < -0.4 is 9.80 Å². The number of rotatable bonds is 3. The van der Waals surface area contributed by atoms with Crippen molar-refractivity contribution in [3.8, 4) is 0 Å². The zero-order valence-electron chi connectivity index (χ0n) is 20.4. The topological polar surface area (TPSA) is 147 Å². The lowest BCUT2D eigenvalue weighted by molar-refractivity contribution is -0.192. The van der Waals surface area contributed by atoms with E-state index >= 15 is 0 Å². The van der Waals surface area contributed by atoms with E-state index in [0.29, 0.717) is 22.3 Å². The van der Waals surface area contributed by atoms with Crippen LogP contribution in [-0.2, 0) is 10.5 Å². The molecule has 41 heavy (non-hydrogen) atoms. The van der Waals surface area contributed by atoms with Gasteiger partial charge in [0.1, 0.15) is 0 Å². The molecule has 214 valence electrons. The Hall–Kier alpha value is -3.85. The average Bonchev–Trinajstić information content (AvgIpc) is 3.41. The Bertz CT molecular complexity index is 1720. The predicted octanol–water partition coefficient (Wildman–Crippen LogP) is 6.23. The van der Waals surface area contributed by atoms with E-state index in [4.69, 9.17) is 33.1 Å². The van der Waals surface area contributed by atoms with E-state index in [0.717, 1.165) is 9.37 Å². The third-order valence-electron chi connectivity index (χ3n) is 5.98. The monoisotopic (exact) mass is 674 g/mol. The number of nitrogens with zero attached hydrogens (tertiary/aromatic N) is 3. The lowest BCUT2D eigenvalue weighted by atomic mass is 9.93. The van der Waals surface area contributed by atoms with E-state index < -0.39 is 29.9 Å². The van der Waals surface area contributed by atoms with Crippen LogP contribution >= 0.6 is 39.1 Å². The number of carboxylic acids is 1. The minimum absolute atomic E-state index is 0.119. The number of H-pyrrole nitrogens is 1. The van der Waals surface area contributed by atoms with E-state index in [9.17, 15) is 33.0 Å². The number of nitrogens with one attached hydrogen (secondary N) is 1. The number of halogens is 6. The molecule has 0 spiro atoms. The van der Waals surface area contributed by atoms with Crippen molar-refractivity contribution >= 4 is 79.8 Å². The number of aromatic nitrogens is 2. The largest absolute Gasteiger partial charge is 0.490 e. The molecule has 3 aromatic carbocycles. The van der Waals surface area contributed by atoms with E-state index in [2.05, 4.69) is 25.9 Å². The quantitative estimate of drug-likeness (QED) is 0.201. The van der Waals surface area contributed by atoms with Crippen molar-refractivity contribution in [3.05, 3.63) is 85.8 Å². The van der Waals surface area contributed by atoms with Crippen LogP contribution in [0.4, 0.5) is 29.6 Å². The number of carbonyl (C=O) groups is 3. The summed E-state index contributed by atoms with van der Waals surface area (Å²) in [6.45, 7) is 0. The Morgan fingerprint density at radius 2 is 1.71 bits per heavy atom. The fraction of sp³-hybridized carbons (Fsp3) is 0.120. The molecule has 1 aliphatic heterocycles. The Morgan fingerprint density at radius 3 is 2.29 bits per heavy atom. The second kappa shape index (κ2) is 10.9. The molecule has 1 aromatic heterocycles. The Morgan fingerprint density at radius 1 is 1.07 bits per heavy atom. The lowest BCUT2D eigenvalue weighted by Gasteiger charge is -2.35. The van der Waals surface area contributed by atoms with Gasteiger partial charge in [0.25, 0.3) is 5.91 Å². The first-order chi connectivity index (χ1) is 19.0. The van der Waals surface area contributed by atoms with Crippen LogP contribution in [0.25, 0.3) is 11.0 Å². The van der Waals surface area contributed by atoms with E-state index in [1.807, 2.05) is 0 Å². The van der Waals surface area contributed by atoms with Gasteiger partial charge in [-0.2, -0.15) is 13.2 Å². The summed E-state index contributed by atoms with van der Waals surface area (Å²) >= 11 is 15.9. The van der Waals surface area contributed by atoms with Crippen LogP contribution in [0.1, 0.15) is 21.5 Å². The van der Waals surface area contributed by atoms with Gasteiger partial charge in [0.15, 0.2) is 5.72 Å². The van der Waals surface area contributed by atoms with Gasteiger partial charge in [-0.3, -0.25) is 14.6 Å². The van der Waals surface area contributed by atoms with E-state index in [1.54, 1.807) is 42.5 Å². The number of aliphatic carboxylic acids is 1. The number of anilines is 2.